The number of pyridine rings is 1. The molecule has 0 saturated heterocycles. The minimum absolute atomic E-state index is 0.0849. The normalized spacial score (nSPS) is 11.6. The fourth-order valence-corrected chi connectivity index (χ4v) is 2.00. The summed E-state index contributed by atoms with van der Waals surface area (Å²) in [6, 6.07) is 4.03. The Bertz CT molecular complexity index is 388. The Labute approximate surface area is 121 Å². The second kappa shape index (κ2) is 7.75. The first-order valence-electron chi connectivity index (χ1n) is 6.75. The molecule has 19 heavy (non-hydrogen) atoms. The maximum absolute atomic E-state index is 5.84. The molecular formula is C15H26N2OS. The maximum atomic E-state index is 5.84. The van der Waals surface area contributed by atoms with Crippen molar-refractivity contribution in [2.75, 3.05) is 18.6 Å². The number of aryl methyl sites for hydroxylation is 1. The summed E-state index contributed by atoms with van der Waals surface area (Å²) in [4.78, 5) is 4.58. The molecule has 0 atom stereocenters. The minimum Gasteiger partial charge on any atom is -0.492 e. The van der Waals surface area contributed by atoms with Gasteiger partial charge in [-0.05, 0) is 58.3 Å². The summed E-state index contributed by atoms with van der Waals surface area (Å²) in [6.45, 7) is 9.97. The molecule has 0 radical (unpaired) electrons. The maximum Gasteiger partial charge on any atom is 0.142 e. The van der Waals surface area contributed by atoms with Crippen LogP contribution in [0.15, 0.2) is 12.1 Å². The van der Waals surface area contributed by atoms with Gasteiger partial charge < -0.3 is 10.1 Å². The third-order valence-corrected chi connectivity index (χ3v) is 3.31. The molecule has 0 amide bonds. The van der Waals surface area contributed by atoms with Gasteiger partial charge in [-0.3, -0.25) is 4.98 Å². The van der Waals surface area contributed by atoms with E-state index in [1.165, 1.54) is 0 Å². The predicted octanol–water partition coefficient (Wildman–Crippen LogP) is 3.41. The molecule has 0 aliphatic heterocycles. The Hall–Kier alpha value is -0.740. The van der Waals surface area contributed by atoms with Crippen LogP contribution in [0.3, 0.4) is 0 Å². The highest BCUT2D eigenvalue weighted by Gasteiger charge is 2.12. The van der Waals surface area contributed by atoms with E-state index in [1.807, 2.05) is 30.8 Å². The monoisotopic (exact) mass is 282 g/mol. The molecule has 4 heteroatoms. The first-order chi connectivity index (χ1) is 8.92. The Kier molecular flexibility index (Phi) is 6.66. The molecule has 1 aromatic rings. The zero-order chi connectivity index (χ0) is 14.3. The van der Waals surface area contributed by atoms with E-state index in [4.69, 9.17) is 4.74 Å². The summed E-state index contributed by atoms with van der Waals surface area (Å²) >= 11 is 1.85. The second-order valence-electron chi connectivity index (χ2n) is 5.70. The van der Waals surface area contributed by atoms with Crippen molar-refractivity contribution in [3.05, 3.63) is 23.5 Å². The van der Waals surface area contributed by atoms with Crippen molar-refractivity contribution >= 4 is 11.8 Å². The summed E-state index contributed by atoms with van der Waals surface area (Å²) in [6.07, 6.45) is 3.19. The molecule has 0 aromatic carbocycles. The van der Waals surface area contributed by atoms with Crippen molar-refractivity contribution < 1.29 is 4.74 Å². The van der Waals surface area contributed by atoms with Gasteiger partial charge in [0.25, 0.3) is 0 Å². The van der Waals surface area contributed by atoms with E-state index in [2.05, 4.69) is 37.3 Å². The van der Waals surface area contributed by atoms with Crippen molar-refractivity contribution in [3.63, 3.8) is 0 Å². The minimum atomic E-state index is 0.0849. The van der Waals surface area contributed by atoms with Gasteiger partial charge in [0.15, 0.2) is 0 Å². The fraction of sp³-hybridized carbons (Fsp3) is 0.667. The zero-order valence-corrected chi connectivity index (χ0v) is 13.6. The molecular weight excluding hydrogens is 256 g/mol. The van der Waals surface area contributed by atoms with Crippen LogP contribution in [0.5, 0.6) is 5.75 Å². The van der Waals surface area contributed by atoms with Gasteiger partial charge in [0.05, 0.1) is 12.3 Å². The van der Waals surface area contributed by atoms with Crippen LogP contribution in [0.4, 0.5) is 0 Å². The number of hydrogen-bond donors (Lipinski definition) is 1. The lowest BCUT2D eigenvalue weighted by Crippen LogP contribution is -2.35. The molecule has 1 rings (SSSR count). The molecule has 1 aromatic heterocycles. The van der Waals surface area contributed by atoms with Gasteiger partial charge in [0.1, 0.15) is 5.75 Å². The average Bonchev–Trinajstić information content (AvgIpc) is 2.33. The van der Waals surface area contributed by atoms with Crippen molar-refractivity contribution in [2.45, 2.75) is 46.2 Å². The molecule has 0 aliphatic carbocycles. The van der Waals surface area contributed by atoms with Gasteiger partial charge in [-0.15, -0.1) is 0 Å². The number of rotatable bonds is 7. The van der Waals surface area contributed by atoms with E-state index in [9.17, 15) is 0 Å². The highest BCUT2D eigenvalue weighted by Crippen LogP contribution is 2.18. The lowest BCUT2D eigenvalue weighted by Gasteiger charge is -2.21. The second-order valence-corrected chi connectivity index (χ2v) is 6.68. The van der Waals surface area contributed by atoms with Crippen LogP contribution in [0.25, 0.3) is 0 Å². The van der Waals surface area contributed by atoms with Crippen molar-refractivity contribution in [1.82, 2.24) is 10.3 Å². The van der Waals surface area contributed by atoms with Crippen LogP contribution in [0, 0.1) is 6.92 Å². The molecule has 0 bridgehead atoms. The van der Waals surface area contributed by atoms with Crippen LogP contribution >= 0.6 is 11.8 Å². The van der Waals surface area contributed by atoms with Crippen LogP contribution in [-0.2, 0) is 6.54 Å². The highest BCUT2D eigenvalue weighted by atomic mass is 32.2. The van der Waals surface area contributed by atoms with Crippen molar-refractivity contribution in [1.29, 1.82) is 0 Å². The largest absolute Gasteiger partial charge is 0.492 e. The summed E-state index contributed by atoms with van der Waals surface area (Å²) in [5.74, 6) is 2.04. The quantitative estimate of drug-likeness (QED) is 0.777. The molecule has 0 saturated carbocycles. The van der Waals surface area contributed by atoms with Gasteiger partial charge in [-0.2, -0.15) is 11.8 Å². The van der Waals surface area contributed by atoms with Crippen LogP contribution in [0.2, 0.25) is 0 Å². The van der Waals surface area contributed by atoms with Crippen LogP contribution < -0.4 is 10.1 Å². The molecule has 0 aliphatic rings. The molecule has 0 unspecified atom stereocenters. The van der Waals surface area contributed by atoms with E-state index in [0.29, 0.717) is 0 Å². The Balaban J connectivity index is 2.63. The zero-order valence-electron chi connectivity index (χ0n) is 12.7. The average molecular weight is 282 g/mol. The Morgan fingerprint density at radius 2 is 2.05 bits per heavy atom. The molecule has 0 fully saturated rings. The van der Waals surface area contributed by atoms with Crippen LogP contribution in [0.1, 0.15) is 38.6 Å². The van der Waals surface area contributed by atoms with Gasteiger partial charge in [-0.25, -0.2) is 0 Å². The summed E-state index contributed by atoms with van der Waals surface area (Å²) < 4.78 is 5.84. The van der Waals surface area contributed by atoms with E-state index in [1.54, 1.807) is 0 Å². The van der Waals surface area contributed by atoms with Crippen molar-refractivity contribution in [3.8, 4) is 5.75 Å². The molecule has 1 heterocycles. The van der Waals surface area contributed by atoms with E-state index < -0.39 is 0 Å². The number of hydrogen-bond acceptors (Lipinski definition) is 4. The standard InChI is InChI=1S/C15H26N2OS/c1-12-7-8-14(18-9-6-10-19-5)13(17-12)11-16-15(2,3)4/h7-8,16H,6,9-11H2,1-5H3. The number of aromatic nitrogens is 1. The molecule has 3 nitrogen and oxygen atoms in total. The predicted molar refractivity (Wildman–Crippen MR) is 84.1 cm³/mol. The highest BCUT2D eigenvalue weighted by molar-refractivity contribution is 7.98. The smallest absolute Gasteiger partial charge is 0.142 e. The number of nitrogens with one attached hydrogen (secondary N) is 1. The topological polar surface area (TPSA) is 34.1 Å². The number of thioether (sulfide) groups is 1. The first-order valence-corrected chi connectivity index (χ1v) is 8.15. The first kappa shape index (κ1) is 16.3. The van der Waals surface area contributed by atoms with Crippen molar-refractivity contribution in [2.24, 2.45) is 0 Å². The van der Waals surface area contributed by atoms with Crippen LogP contribution in [-0.4, -0.2) is 29.1 Å². The van der Waals surface area contributed by atoms with E-state index >= 15 is 0 Å². The van der Waals surface area contributed by atoms with Gasteiger partial charge in [0, 0.05) is 17.8 Å². The summed E-state index contributed by atoms with van der Waals surface area (Å²) in [5, 5.41) is 3.46. The van der Waals surface area contributed by atoms with E-state index in [-0.39, 0.29) is 5.54 Å². The SMILES string of the molecule is CSCCCOc1ccc(C)nc1CNC(C)(C)C. The fourth-order valence-electron chi connectivity index (χ4n) is 1.59. The molecule has 108 valence electrons. The van der Waals surface area contributed by atoms with E-state index in [0.717, 1.165) is 42.5 Å². The third kappa shape index (κ3) is 6.83. The number of nitrogens with zero attached hydrogens (tertiary/aromatic N) is 1. The molecule has 1 N–H and O–H groups in total. The summed E-state index contributed by atoms with van der Waals surface area (Å²) in [5.41, 5.74) is 2.11. The third-order valence-electron chi connectivity index (χ3n) is 2.61. The Morgan fingerprint density at radius 3 is 2.68 bits per heavy atom. The number of ether oxygens (including phenoxy) is 1. The van der Waals surface area contributed by atoms with Gasteiger partial charge >= 0.3 is 0 Å². The molecule has 0 spiro atoms. The lowest BCUT2D eigenvalue weighted by molar-refractivity contribution is 0.310. The summed E-state index contributed by atoms with van der Waals surface area (Å²) in [7, 11) is 0. The van der Waals surface area contributed by atoms with Gasteiger partial charge in [-0.1, -0.05) is 0 Å². The Morgan fingerprint density at radius 1 is 1.32 bits per heavy atom. The van der Waals surface area contributed by atoms with Gasteiger partial charge in [0.2, 0.25) is 0 Å². The lowest BCUT2D eigenvalue weighted by atomic mass is 10.1.